The van der Waals surface area contributed by atoms with Gasteiger partial charge in [-0.25, -0.2) is 8.42 Å². The third kappa shape index (κ3) is 3.00. The van der Waals surface area contributed by atoms with Gasteiger partial charge in [0.2, 0.25) is 0 Å². The Hall–Kier alpha value is -2.14. The third-order valence-corrected chi connectivity index (χ3v) is 3.80. The molecular weight excluding hydrogens is 264 g/mol. The van der Waals surface area contributed by atoms with E-state index in [9.17, 15) is 13.2 Å². The molecular formula is C14H12O4S. The standard InChI is InChI=1S/C14H12O4S/c1-19(17,18)13-8-4-11(5-9-13)14(16)10-2-6-12(15)7-3-10/h2-9,15H,1H3. The molecule has 2 aromatic carbocycles. The lowest BCUT2D eigenvalue weighted by Gasteiger charge is -2.03. The average Bonchev–Trinajstić information content (AvgIpc) is 2.38. The molecule has 0 aliphatic heterocycles. The van der Waals surface area contributed by atoms with Crippen LogP contribution in [0, 0.1) is 0 Å². The molecule has 0 saturated heterocycles. The van der Waals surface area contributed by atoms with E-state index in [2.05, 4.69) is 0 Å². The SMILES string of the molecule is CS(=O)(=O)c1ccc(C(=O)c2ccc(O)cc2)cc1. The minimum Gasteiger partial charge on any atom is -0.508 e. The van der Waals surface area contributed by atoms with Crippen LogP contribution >= 0.6 is 0 Å². The molecule has 0 saturated carbocycles. The highest BCUT2D eigenvalue weighted by molar-refractivity contribution is 7.90. The smallest absolute Gasteiger partial charge is 0.193 e. The second-order valence-electron chi connectivity index (χ2n) is 4.17. The zero-order valence-corrected chi connectivity index (χ0v) is 11.0. The predicted molar refractivity (Wildman–Crippen MR) is 71.1 cm³/mol. The topological polar surface area (TPSA) is 71.4 Å². The zero-order chi connectivity index (χ0) is 14.0. The minimum absolute atomic E-state index is 0.0870. The van der Waals surface area contributed by atoms with E-state index in [1.807, 2.05) is 0 Å². The van der Waals surface area contributed by atoms with E-state index in [0.717, 1.165) is 6.26 Å². The first-order chi connectivity index (χ1) is 8.88. The molecule has 0 aliphatic rings. The van der Waals surface area contributed by atoms with Gasteiger partial charge in [0, 0.05) is 17.4 Å². The van der Waals surface area contributed by atoms with Crippen molar-refractivity contribution in [3.8, 4) is 5.75 Å². The van der Waals surface area contributed by atoms with Crippen molar-refractivity contribution in [2.24, 2.45) is 0 Å². The highest BCUT2D eigenvalue weighted by atomic mass is 32.2. The van der Waals surface area contributed by atoms with Crippen LogP contribution in [0.1, 0.15) is 15.9 Å². The van der Waals surface area contributed by atoms with Crippen LogP contribution in [-0.4, -0.2) is 25.6 Å². The minimum atomic E-state index is -3.26. The Labute approximate surface area is 111 Å². The van der Waals surface area contributed by atoms with Crippen molar-refractivity contribution in [2.45, 2.75) is 4.90 Å². The third-order valence-electron chi connectivity index (χ3n) is 2.67. The lowest BCUT2D eigenvalue weighted by Crippen LogP contribution is -2.02. The van der Waals surface area contributed by atoms with Crippen molar-refractivity contribution >= 4 is 15.6 Å². The summed E-state index contributed by atoms with van der Waals surface area (Å²) in [5, 5.41) is 9.16. The first-order valence-corrected chi connectivity index (χ1v) is 7.41. The number of rotatable bonds is 3. The fourth-order valence-corrected chi connectivity index (χ4v) is 2.26. The van der Waals surface area contributed by atoms with Gasteiger partial charge in [-0.15, -0.1) is 0 Å². The Morgan fingerprint density at radius 2 is 1.32 bits per heavy atom. The number of phenolic OH excluding ortho intramolecular Hbond substituents is 1. The quantitative estimate of drug-likeness (QED) is 0.871. The normalized spacial score (nSPS) is 11.2. The van der Waals surface area contributed by atoms with Gasteiger partial charge in [0.1, 0.15) is 5.75 Å². The summed E-state index contributed by atoms with van der Waals surface area (Å²) in [5.74, 6) is -0.135. The number of hydrogen-bond acceptors (Lipinski definition) is 4. The second kappa shape index (κ2) is 4.85. The number of ketones is 1. The molecule has 5 heteroatoms. The molecule has 0 unspecified atom stereocenters. The van der Waals surface area contributed by atoms with Crippen LogP contribution in [0.2, 0.25) is 0 Å². The van der Waals surface area contributed by atoms with Crippen LogP contribution in [-0.2, 0) is 9.84 Å². The predicted octanol–water partition coefficient (Wildman–Crippen LogP) is 2.03. The molecule has 0 atom stereocenters. The van der Waals surface area contributed by atoms with Crippen LogP contribution in [0.25, 0.3) is 0 Å². The Kier molecular flexibility index (Phi) is 3.40. The second-order valence-corrected chi connectivity index (χ2v) is 6.19. The largest absolute Gasteiger partial charge is 0.508 e. The van der Waals surface area contributed by atoms with Gasteiger partial charge in [-0.05, 0) is 48.5 Å². The van der Waals surface area contributed by atoms with Gasteiger partial charge in [0.15, 0.2) is 15.6 Å². The molecule has 0 fully saturated rings. The summed E-state index contributed by atoms with van der Waals surface area (Å²) in [4.78, 5) is 12.3. The highest BCUT2D eigenvalue weighted by Gasteiger charge is 2.11. The first kappa shape index (κ1) is 13.3. The van der Waals surface area contributed by atoms with E-state index in [1.54, 1.807) is 0 Å². The number of hydrogen-bond donors (Lipinski definition) is 1. The molecule has 0 radical (unpaired) electrons. The fourth-order valence-electron chi connectivity index (χ4n) is 1.63. The summed E-state index contributed by atoms with van der Waals surface area (Å²) in [5.41, 5.74) is 0.836. The number of aromatic hydroxyl groups is 1. The van der Waals surface area contributed by atoms with E-state index in [1.165, 1.54) is 48.5 Å². The molecule has 1 N–H and O–H groups in total. The molecule has 98 valence electrons. The van der Waals surface area contributed by atoms with Gasteiger partial charge in [-0.3, -0.25) is 4.79 Å². The van der Waals surface area contributed by atoms with Crippen LogP contribution in [0.4, 0.5) is 0 Å². The highest BCUT2D eigenvalue weighted by Crippen LogP contribution is 2.16. The van der Waals surface area contributed by atoms with Crippen molar-refractivity contribution in [1.82, 2.24) is 0 Å². The van der Waals surface area contributed by atoms with Crippen molar-refractivity contribution in [2.75, 3.05) is 6.26 Å². The summed E-state index contributed by atoms with van der Waals surface area (Å²) < 4.78 is 22.6. The molecule has 0 heterocycles. The maximum atomic E-state index is 12.1. The van der Waals surface area contributed by atoms with E-state index in [0.29, 0.717) is 11.1 Å². The van der Waals surface area contributed by atoms with Crippen LogP contribution < -0.4 is 0 Å². The van der Waals surface area contributed by atoms with Gasteiger partial charge in [-0.2, -0.15) is 0 Å². The van der Waals surface area contributed by atoms with E-state index in [-0.39, 0.29) is 16.4 Å². The van der Waals surface area contributed by atoms with E-state index >= 15 is 0 Å². The van der Waals surface area contributed by atoms with E-state index < -0.39 is 9.84 Å². The first-order valence-electron chi connectivity index (χ1n) is 5.52. The molecule has 0 amide bonds. The Morgan fingerprint density at radius 3 is 1.74 bits per heavy atom. The molecule has 0 bridgehead atoms. The number of sulfone groups is 1. The summed E-state index contributed by atoms with van der Waals surface area (Å²) in [7, 11) is -3.26. The lowest BCUT2D eigenvalue weighted by molar-refractivity contribution is 0.103. The van der Waals surface area contributed by atoms with Crippen LogP contribution in [0.5, 0.6) is 5.75 Å². The van der Waals surface area contributed by atoms with Crippen LogP contribution in [0.3, 0.4) is 0 Å². The summed E-state index contributed by atoms with van der Waals surface area (Å²) in [6, 6.07) is 11.7. The molecule has 2 rings (SSSR count). The maximum Gasteiger partial charge on any atom is 0.193 e. The molecule has 0 aromatic heterocycles. The van der Waals surface area contributed by atoms with Crippen molar-refractivity contribution < 1.29 is 18.3 Å². The maximum absolute atomic E-state index is 12.1. The van der Waals surface area contributed by atoms with Crippen LogP contribution in [0.15, 0.2) is 53.4 Å². The average molecular weight is 276 g/mol. The molecule has 0 aliphatic carbocycles. The van der Waals surface area contributed by atoms with Gasteiger partial charge in [-0.1, -0.05) is 0 Å². The van der Waals surface area contributed by atoms with Crippen molar-refractivity contribution in [3.63, 3.8) is 0 Å². The van der Waals surface area contributed by atoms with Gasteiger partial charge >= 0.3 is 0 Å². The van der Waals surface area contributed by atoms with E-state index in [4.69, 9.17) is 5.11 Å². The molecule has 19 heavy (non-hydrogen) atoms. The fraction of sp³-hybridized carbons (Fsp3) is 0.0714. The number of carbonyl (C=O) groups excluding carboxylic acids is 1. The van der Waals surface area contributed by atoms with Gasteiger partial charge in [0.05, 0.1) is 4.90 Å². The lowest BCUT2D eigenvalue weighted by atomic mass is 10.0. The summed E-state index contributed by atoms with van der Waals surface area (Å²) >= 11 is 0. The van der Waals surface area contributed by atoms with Crippen molar-refractivity contribution in [1.29, 1.82) is 0 Å². The summed E-state index contributed by atoms with van der Waals surface area (Å²) in [6.45, 7) is 0. The molecule has 0 spiro atoms. The Bertz CT molecular complexity index is 698. The summed E-state index contributed by atoms with van der Waals surface area (Å²) in [6.07, 6.45) is 1.11. The van der Waals surface area contributed by atoms with Gasteiger partial charge in [0.25, 0.3) is 0 Å². The molecule has 4 nitrogen and oxygen atoms in total. The Morgan fingerprint density at radius 1 is 0.895 bits per heavy atom. The Balaban J connectivity index is 2.32. The number of phenols is 1. The van der Waals surface area contributed by atoms with Gasteiger partial charge < -0.3 is 5.11 Å². The van der Waals surface area contributed by atoms with Crippen molar-refractivity contribution in [3.05, 3.63) is 59.7 Å². The number of carbonyl (C=O) groups is 1. The number of benzene rings is 2. The molecule has 2 aromatic rings. The monoisotopic (exact) mass is 276 g/mol. The zero-order valence-electron chi connectivity index (χ0n) is 10.2.